The number of carbonyl (C=O) groups excluding carboxylic acids is 2. The van der Waals surface area contributed by atoms with Crippen LogP contribution in [0.4, 0.5) is 0 Å². The van der Waals surface area contributed by atoms with E-state index in [4.69, 9.17) is 10.5 Å². The zero-order valence-corrected chi connectivity index (χ0v) is 19.1. The fourth-order valence-corrected chi connectivity index (χ4v) is 5.99. The SMILES string of the molecule is CC(C)Oc1c(C(=O)NC2C3CC4CC2CC(O)(C4)C3)cnn1CCC(C)(C)C(N)=O. The molecule has 1 aromatic heterocycles. The van der Waals surface area contributed by atoms with Gasteiger partial charge in [-0.15, -0.1) is 0 Å². The highest BCUT2D eigenvalue weighted by Crippen LogP contribution is 2.55. The van der Waals surface area contributed by atoms with E-state index in [1.54, 1.807) is 24.7 Å². The van der Waals surface area contributed by atoms with Crippen LogP contribution in [0.5, 0.6) is 5.88 Å². The minimum absolute atomic E-state index is 0.0911. The smallest absolute Gasteiger partial charge is 0.258 e. The Balaban J connectivity index is 1.50. The number of aliphatic hydroxyl groups is 1. The third-order valence-electron chi connectivity index (χ3n) is 7.54. The first-order valence-corrected chi connectivity index (χ1v) is 11.5. The maximum absolute atomic E-state index is 13.3. The highest BCUT2D eigenvalue weighted by molar-refractivity contribution is 5.96. The van der Waals surface area contributed by atoms with Gasteiger partial charge in [-0.05, 0) is 70.1 Å². The van der Waals surface area contributed by atoms with Gasteiger partial charge in [-0.3, -0.25) is 9.59 Å². The molecule has 4 fully saturated rings. The van der Waals surface area contributed by atoms with Crippen molar-refractivity contribution >= 4 is 11.8 Å². The van der Waals surface area contributed by atoms with E-state index in [-0.39, 0.29) is 24.0 Å². The van der Waals surface area contributed by atoms with Gasteiger partial charge in [-0.2, -0.15) is 5.10 Å². The molecule has 0 spiro atoms. The Kier molecular flexibility index (Phi) is 5.56. The predicted molar refractivity (Wildman–Crippen MR) is 115 cm³/mol. The molecular weight excluding hydrogens is 396 g/mol. The van der Waals surface area contributed by atoms with E-state index in [0.29, 0.717) is 42.2 Å². The number of nitrogens with one attached hydrogen (secondary N) is 1. The van der Waals surface area contributed by atoms with Gasteiger partial charge in [0.25, 0.3) is 5.91 Å². The van der Waals surface area contributed by atoms with Crippen LogP contribution >= 0.6 is 0 Å². The van der Waals surface area contributed by atoms with Gasteiger partial charge in [0.1, 0.15) is 5.56 Å². The molecule has 0 saturated heterocycles. The van der Waals surface area contributed by atoms with Crippen LogP contribution in [0.1, 0.15) is 76.6 Å². The molecule has 31 heavy (non-hydrogen) atoms. The largest absolute Gasteiger partial charge is 0.475 e. The van der Waals surface area contributed by atoms with Gasteiger partial charge < -0.3 is 20.9 Å². The first-order chi connectivity index (χ1) is 14.5. The number of aromatic nitrogens is 2. The molecule has 4 aliphatic carbocycles. The van der Waals surface area contributed by atoms with Gasteiger partial charge in [0.05, 0.1) is 17.9 Å². The van der Waals surface area contributed by atoms with Crippen molar-refractivity contribution in [3.05, 3.63) is 11.8 Å². The second-order valence-electron chi connectivity index (χ2n) is 10.9. The molecule has 172 valence electrons. The van der Waals surface area contributed by atoms with Crippen LogP contribution in [0, 0.1) is 23.2 Å². The van der Waals surface area contributed by atoms with Crippen LogP contribution in [0.15, 0.2) is 6.20 Å². The fraction of sp³-hybridized carbons (Fsp3) is 0.783. The van der Waals surface area contributed by atoms with E-state index < -0.39 is 11.0 Å². The van der Waals surface area contributed by atoms with E-state index in [1.807, 2.05) is 13.8 Å². The normalized spacial score (nSPS) is 31.8. The van der Waals surface area contributed by atoms with Crippen molar-refractivity contribution in [2.24, 2.45) is 28.9 Å². The summed E-state index contributed by atoms with van der Waals surface area (Å²) in [7, 11) is 0. The summed E-state index contributed by atoms with van der Waals surface area (Å²) in [5.41, 5.74) is 4.71. The Morgan fingerprint density at radius 2 is 1.97 bits per heavy atom. The Labute approximate surface area is 183 Å². The molecule has 4 bridgehead atoms. The molecule has 1 heterocycles. The Morgan fingerprint density at radius 3 is 2.52 bits per heavy atom. The molecule has 5 rings (SSSR count). The summed E-state index contributed by atoms with van der Waals surface area (Å²) < 4.78 is 7.62. The molecule has 0 aromatic carbocycles. The summed E-state index contributed by atoms with van der Waals surface area (Å²) in [6, 6.07) is 0.0911. The van der Waals surface area contributed by atoms with Gasteiger partial charge in [0, 0.05) is 18.0 Å². The summed E-state index contributed by atoms with van der Waals surface area (Å²) in [5.74, 6) is 1.14. The van der Waals surface area contributed by atoms with Gasteiger partial charge >= 0.3 is 0 Å². The number of nitrogens with two attached hydrogens (primary N) is 1. The standard InChI is InChI=1S/C23H36N4O4/c1-13(2)31-20-17(12-25-27(20)6-5-22(3,4)21(24)29)19(28)26-18-15-7-14-8-16(18)11-23(30,9-14)10-15/h12-16,18,30H,5-11H2,1-4H3,(H2,24,29)(H,26,28). The lowest BCUT2D eigenvalue weighted by molar-refractivity contribution is -0.137. The topological polar surface area (TPSA) is 119 Å². The highest BCUT2D eigenvalue weighted by atomic mass is 16.5. The van der Waals surface area contributed by atoms with E-state index in [2.05, 4.69) is 10.4 Å². The lowest BCUT2D eigenvalue weighted by atomic mass is 9.52. The van der Waals surface area contributed by atoms with Gasteiger partial charge in [0.15, 0.2) is 0 Å². The Hall–Kier alpha value is -2.09. The lowest BCUT2D eigenvalue weighted by Crippen LogP contribution is -2.61. The number of amides is 2. The second-order valence-corrected chi connectivity index (χ2v) is 10.9. The highest BCUT2D eigenvalue weighted by Gasteiger charge is 2.55. The van der Waals surface area contributed by atoms with E-state index in [9.17, 15) is 14.7 Å². The van der Waals surface area contributed by atoms with Crippen LogP contribution in [0.2, 0.25) is 0 Å². The molecule has 8 heteroatoms. The number of aryl methyl sites for hydroxylation is 1. The lowest BCUT2D eigenvalue weighted by Gasteiger charge is -2.58. The number of hydrogen-bond acceptors (Lipinski definition) is 5. The molecule has 2 unspecified atom stereocenters. The van der Waals surface area contributed by atoms with Crippen molar-refractivity contribution in [1.82, 2.24) is 15.1 Å². The first-order valence-electron chi connectivity index (χ1n) is 11.5. The maximum Gasteiger partial charge on any atom is 0.258 e. The zero-order valence-electron chi connectivity index (χ0n) is 19.1. The third-order valence-corrected chi connectivity index (χ3v) is 7.54. The van der Waals surface area contributed by atoms with Gasteiger partial charge in [0.2, 0.25) is 11.8 Å². The number of rotatable bonds is 8. The third kappa shape index (κ3) is 4.31. The van der Waals surface area contributed by atoms with Crippen molar-refractivity contribution in [3.63, 3.8) is 0 Å². The van der Waals surface area contributed by atoms with Crippen molar-refractivity contribution in [2.45, 2.75) is 90.5 Å². The summed E-state index contributed by atoms with van der Waals surface area (Å²) in [6.07, 6.45) is 6.56. The number of primary amides is 1. The van der Waals surface area contributed by atoms with Crippen LogP contribution in [-0.4, -0.2) is 44.4 Å². The van der Waals surface area contributed by atoms with Crippen LogP contribution in [-0.2, 0) is 11.3 Å². The van der Waals surface area contributed by atoms with Gasteiger partial charge in [-0.1, -0.05) is 13.8 Å². The molecule has 4 saturated carbocycles. The molecule has 8 nitrogen and oxygen atoms in total. The molecular formula is C23H36N4O4. The minimum Gasteiger partial charge on any atom is -0.475 e. The quantitative estimate of drug-likeness (QED) is 0.582. The second kappa shape index (κ2) is 7.80. The summed E-state index contributed by atoms with van der Waals surface area (Å²) in [5, 5.41) is 18.4. The zero-order chi connectivity index (χ0) is 22.6. The fourth-order valence-electron chi connectivity index (χ4n) is 5.99. The van der Waals surface area contributed by atoms with E-state index >= 15 is 0 Å². The van der Waals surface area contributed by atoms with Crippen LogP contribution in [0.3, 0.4) is 0 Å². The Morgan fingerprint density at radius 1 is 1.32 bits per heavy atom. The summed E-state index contributed by atoms with van der Waals surface area (Å²) in [4.78, 5) is 24.9. The molecule has 2 atom stereocenters. The van der Waals surface area contributed by atoms with Crippen molar-refractivity contribution in [2.75, 3.05) is 0 Å². The monoisotopic (exact) mass is 432 g/mol. The average molecular weight is 433 g/mol. The molecule has 0 aliphatic heterocycles. The maximum atomic E-state index is 13.3. The predicted octanol–water partition coefficient (Wildman–Crippen LogP) is 2.24. The molecule has 4 aliphatic rings. The minimum atomic E-state index is -0.676. The van der Waals surface area contributed by atoms with Crippen LogP contribution < -0.4 is 15.8 Å². The van der Waals surface area contributed by atoms with Crippen molar-refractivity contribution in [1.29, 1.82) is 0 Å². The van der Waals surface area contributed by atoms with E-state index in [1.165, 1.54) is 0 Å². The van der Waals surface area contributed by atoms with Crippen molar-refractivity contribution < 1.29 is 19.4 Å². The number of hydrogen-bond donors (Lipinski definition) is 3. The van der Waals surface area contributed by atoms with Crippen molar-refractivity contribution in [3.8, 4) is 5.88 Å². The number of carbonyl (C=O) groups is 2. The van der Waals surface area contributed by atoms with Gasteiger partial charge in [-0.25, -0.2) is 4.68 Å². The average Bonchev–Trinajstić information content (AvgIpc) is 3.03. The summed E-state index contributed by atoms with van der Waals surface area (Å²) in [6.45, 7) is 7.84. The number of ether oxygens (including phenoxy) is 1. The van der Waals surface area contributed by atoms with E-state index in [0.717, 1.165) is 32.1 Å². The Bertz CT molecular complexity index is 846. The van der Waals surface area contributed by atoms with Crippen LogP contribution in [0.25, 0.3) is 0 Å². The first kappa shape index (κ1) is 22.1. The molecule has 0 radical (unpaired) electrons. The molecule has 2 amide bonds. The number of nitrogens with zero attached hydrogens (tertiary/aromatic N) is 2. The summed E-state index contributed by atoms with van der Waals surface area (Å²) >= 11 is 0. The molecule has 4 N–H and O–H groups in total. The molecule has 1 aromatic rings.